The summed E-state index contributed by atoms with van der Waals surface area (Å²) in [6.45, 7) is 7.12. The Hall–Kier alpha value is -1.23. The van der Waals surface area contributed by atoms with Gasteiger partial charge in [0.25, 0.3) is 5.97 Å². The monoisotopic (exact) mass is 401 g/mol. The van der Waals surface area contributed by atoms with E-state index in [1.807, 2.05) is 0 Å². The Balaban J connectivity index is 2.81. The summed E-state index contributed by atoms with van der Waals surface area (Å²) in [5.41, 5.74) is -1.06. The summed E-state index contributed by atoms with van der Waals surface area (Å²) < 4.78 is 83.5. The van der Waals surface area contributed by atoms with Crippen LogP contribution in [0.1, 0.15) is 40.5 Å². The molecular weight excluding hydrogens is 377 g/mol. The van der Waals surface area contributed by atoms with Crippen molar-refractivity contribution in [2.75, 3.05) is 11.9 Å². The zero-order chi connectivity index (χ0) is 20.1. The van der Waals surface area contributed by atoms with E-state index in [0.717, 1.165) is 0 Å². The number of rotatable bonds is 10. The molecule has 1 aromatic rings. The molecule has 0 radical (unpaired) electrons. The Bertz CT molecular complexity index is 577. The second-order valence-electron chi connectivity index (χ2n) is 6.20. The van der Waals surface area contributed by atoms with Crippen molar-refractivity contribution in [1.82, 2.24) is 0 Å². The fraction of sp³-hybridized carbons (Fsp3) is 0.625. The zero-order valence-corrected chi connectivity index (χ0v) is 17.4. The van der Waals surface area contributed by atoms with E-state index in [-0.39, 0.29) is 31.6 Å². The molecule has 0 bridgehead atoms. The lowest BCUT2D eigenvalue weighted by molar-refractivity contribution is -0.369. The number of hydrogen-bond donors (Lipinski definition) is 1. The topological polar surface area (TPSA) is 39.7 Å². The Morgan fingerprint density at radius 3 is 1.65 bits per heavy atom. The lowest BCUT2D eigenvalue weighted by atomic mass is 10.2. The van der Waals surface area contributed by atoms with Crippen LogP contribution in [-0.4, -0.2) is 35.2 Å². The van der Waals surface area contributed by atoms with Crippen LogP contribution in [0.5, 0.6) is 0 Å². The van der Waals surface area contributed by atoms with Crippen LogP contribution in [0.25, 0.3) is 0 Å². The molecule has 0 spiro atoms. The number of ether oxygens (including phenoxy) is 2. The Labute approximate surface area is 152 Å². The molecule has 0 atom stereocenters. The van der Waals surface area contributed by atoms with Crippen LogP contribution >= 0.6 is 0 Å². The Morgan fingerprint density at radius 1 is 0.846 bits per heavy atom. The van der Waals surface area contributed by atoms with Crippen molar-refractivity contribution in [2.24, 2.45) is 0 Å². The van der Waals surface area contributed by atoms with Gasteiger partial charge in [-0.1, -0.05) is 0 Å². The molecule has 150 valence electrons. The van der Waals surface area contributed by atoms with Gasteiger partial charge in [-0.2, -0.15) is 0 Å². The first-order valence-corrected chi connectivity index (χ1v) is 9.02. The Morgan fingerprint density at radius 2 is 1.27 bits per heavy atom. The van der Waals surface area contributed by atoms with Gasteiger partial charge in [-0.05, 0) is 34.1 Å². The highest BCUT2D eigenvalue weighted by atomic mass is 28.2. The van der Waals surface area contributed by atoms with Gasteiger partial charge in [0.15, 0.2) is 33.8 Å². The number of anilines is 1. The number of nitrogens with one attached hydrogen (secondary N) is 1. The molecule has 0 aromatic heterocycles. The first kappa shape index (κ1) is 22.8. The normalized spacial score (nSPS) is 12.4. The average Bonchev–Trinajstić information content (AvgIpc) is 2.56. The van der Waals surface area contributed by atoms with Crippen molar-refractivity contribution < 1.29 is 35.9 Å². The molecule has 26 heavy (non-hydrogen) atoms. The molecule has 1 rings (SSSR count). The fourth-order valence-electron chi connectivity index (χ4n) is 2.34. The van der Waals surface area contributed by atoms with Crippen LogP contribution in [0, 0.1) is 29.1 Å². The molecule has 0 unspecified atom stereocenters. The van der Waals surface area contributed by atoms with E-state index in [4.69, 9.17) is 13.9 Å². The van der Waals surface area contributed by atoms with Gasteiger partial charge < -0.3 is 19.2 Å². The molecule has 10 heteroatoms. The van der Waals surface area contributed by atoms with Gasteiger partial charge in [0.1, 0.15) is 5.69 Å². The number of halogens is 5. The lowest BCUT2D eigenvalue weighted by Crippen LogP contribution is -2.43. The third-order valence-electron chi connectivity index (χ3n) is 3.31. The predicted molar refractivity (Wildman–Crippen MR) is 90.2 cm³/mol. The van der Waals surface area contributed by atoms with Gasteiger partial charge >= 0.3 is 0 Å². The fourth-order valence-corrected chi connectivity index (χ4v) is 2.74. The van der Waals surface area contributed by atoms with Crippen molar-refractivity contribution in [3.63, 3.8) is 0 Å². The van der Waals surface area contributed by atoms with Gasteiger partial charge in [0.05, 0.1) is 12.2 Å². The molecule has 0 fully saturated rings. The van der Waals surface area contributed by atoms with Crippen LogP contribution in [-0.2, 0) is 13.9 Å². The predicted octanol–water partition coefficient (Wildman–Crippen LogP) is 3.38. The average molecular weight is 401 g/mol. The van der Waals surface area contributed by atoms with E-state index >= 15 is 0 Å². The van der Waals surface area contributed by atoms with Gasteiger partial charge in [-0.25, -0.2) is 22.0 Å². The third-order valence-corrected chi connectivity index (χ3v) is 3.93. The van der Waals surface area contributed by atoms with E-state index in [0.29, 0.717) is 10.5 Å². The minimum Gasteiger partial charge on any atom is -0.380 e. The van der Waals surface area contributed by atoms with E-state index in [1.165, 1.54) is 0 Å². The summed E-state index contributed by atoms with van der Waals surface area (Å²) in [6.07, 6.45) is 0.0350. The van der Waals surface area contributed by atoms with Gasteiger partial charge in [0, 0.05) is 13.0 Å². The molecule has 0 heterocycles. The number of hydrogen-bond acceptors (Lipinski definition) is 4. The molecule has 1 N–H and O–H groups in total. The summed E-state index contributed by atoms with van der Waals surface area (Å²) in [5, 5.41) is 2.24. The van der Waals surface area contributed by atoms with Crippen LogP contribution < -0.4 is 5.32 Å². The van der Waals surface area contributed by atoms with Crippen LogP contribution in [0.3, 0.4) is 0 Å². The van der Waals surface area contributed by atoms with E-state index in [1.54, 1.807) is 27.7 Å². The summed E-state index contributed by atoms with van der Waals surface area (Å²) in [4.78, 5) is 0. The molecule has 1 aromatic carbocycles. The third kappa shape index (κ3) is 5.63. The molecule has 0 saturated carbocycles. The zero-order valence-electron chi connectivity index (χ0n) is 15.4. The summed E-state index contributed by atoms with van der Waals surface area (Å²) in [6, 6.07) is 0. The molecule has 0 saturated heterocycles. The Kier molecular flexibility index (Phi) is 8.45. The van der Waals surface area contributed by atoms with Crippen molar-refractivity contribution >= 4 is 16.2 Å². The van der Waals surface area contributed by atoms with Crippen LogP contribution in [0.2, 0.25) is 0 Å². The first-order chi connectivity index (χ1) is 12.0. The van der Waals surface area contributed by atoms with Crippen LogP contribution in [0.15, 0.2) is 0 Å². The molecule has 0 amide bonds. The van der Waals surface area contributed by atoms with E-state index in [2.05, 4.69) is 5.32 Å². The van der Waals surface area contributed by atoms with Crippen molar-refractivity contribution in [1.29, 1.82) is 0 Å². The highest BCUT2D eigenvalue weighted by Crippen LogP contribution is 2.28. The van der Waals surface area contributed by atoms with Crippen LogP contribution in [0.4, 0.5) is 27.6 Å². The standard InChI is InChI=1S/C16H24F5NO3Si/c1-8(2)23-16(25-26,24-9(3)4)6-5-7-22-15-13(20)11(18)10(17)12(19)14(15)21/h8-9,22H,5-7H2,1-4,26H3. The minimum atomic E-state index is -2.19. The molecule has 0 aliphatic rings. The van der Waals surface area contributed by atoms with Gasteiger partial charge in [-0.15, -0.1) is 0 Å². The quantitative estimate of drug-likeness (QED) is 0.163. The SMILES string of the molecule is CC(C)OC(CCCNc1c(F)c(F)c(F)c(F)c1F)(O[SiH3])OC(C)C. The summed E-state index contributed by atoms with van der Waals surface area (Å²) in [5.74, 6) is -11.3. The highest BCUT2D eigenvalue weighted by Gasteiger charge is 2.34. The number of benzene rings is 1. The summed E-state index contributed by atoms with van der Waals surface area (Å²) >= 11 is 0. The minimum absolute atomic E-state index is 0.0755. The van der Waals surface area contributed by atoms with Crippen molar-refractivity contribution in [3.05, 3.63) is 29.1 Å². The van der Waals surface area contributed by atoms with Gasteiger partial charge in [0.2, 0.25) is 5.82 Å². The molecule has 0 aliphatic heterocycles. The maximum atomic E-state index is 13.6. The first-order valence-electron chi connectivity index (χ1n) is 8.20. The van der Waals surface area contributed by atoms with Gasteiger partial charge in [-0.3, -0.25) is 0 Å². The smallest absolute Gasteiger partial charge is 0.273 e. The molecule has 0 aliphatic carbocycles. The lowest BCUT2D eigenvalue weighted by Gasteiger charge is -2.36. The second kappa shape index (κ2) is 9.63. The highest BCUT2D eigenvalue weighted by molar-refractivity contribution is 5.98. The second-order valence-corrected chi connectivity index (χ2v) is 6.60. The van der Waals surface area contributed by atoms with E-state index < -0.39 is 40.7 Å². The van der Waals surface area contributed by atoms with E-state index in [9.17, 15) is 22.0 Å². The maximum absolute atomic E-state index is 13.6. The van der Waals surface area contributed by atoms with Crippen molar-refractivity contribution in [2.45, 2.75) is 58.7 Å². The van der Waals surface area contributed by atoms with Crippen molar-refractivity contribution in [3.8, 4) is 0 Å². The largest absolute Gasteiger partial charge is 0.380 e. The maximum Gasteiger partial charge on any atom is 0.273 e. The summed E-state index contributed by atoms with van der Waals surface area (Å²) in [7, 11) is 0.313. The molecular formula is C16H24F5NO3Si. The molecule has 4 nitrogen and oxygen atoms in total.